The molecule has 0 aliphatic heterocycles. The van der Waals surface area contributed by atoms with Crippen molar-refractivity contribution in [1.29, 1.82) is 0 Å². The second kappa shape index (κ2) is 5.19. The zero-order valence-electron chi connectivity index (χ0n) is 8.36. The van der Waals surface area contributed by atoms with Crippen LogP contribution in [0.25, 0.3) is 0 Å². The number of aromatic nitrogens is 1. The fourth-order valence-electron chi connectivity index (χ4n) is 1.21. The summed E-state index contributed by atoms with van der Waals surface area (Å²) in [5, 5.41) is 0.460. The maximum Gasteiger partial charge on any atom is 0.238 e. The molecule has 82 valence electrons. The maximum atomic E-state index is 6.01. The van der Waals surface area contributed by atoms with Gasteiger partial charge in [-0.05, 0) is 23.8 Å². The van der Waals surface area contributed by atoms with Gasteiger partial charge in [-0.25, -0.2) is 4.98 Å². The summed E-state index contributed by atoms with van der Waals surface area (Å²) in [5.74, 6) is 1.48. The number of halogens is 2. The Hall–Kier alpha value is -1.25. The first-order valence-electron chi connectivity index (χ1n) is 4.73. The molecule has 0 aliphatic rings. The molecule has 0 saturated carbocycles. The van der Waals surface area contributed by atoms with Gasteiger partial charge < -0.3 is 4.74 Å². The van der Waals surface area contributed by atoms with Crippen LogP contribution in [0.3, 0.4) is 0 Å². The Balaban J connectivity index is 2.22. The van der Waals surface area contributed by atoms with Crippen LogP contribution in [-0.4, -0.2) is 4.98 Å². The molecule has 16 heavy (non-hydrogen) atoms. The number of hydrogen-bond donors (Lipinski definition) is 0. The van der Waals surface area contributed by atoms with E-state index in [-0.39, 0.29) is 0 Å². The van der Waals surface area contributed by atoms with Gasteiger partial charge in [-0.1, -0.05) is 29.8 Å². The van der Waals surface area contributed by atoms with Gasteiger partial charge in [0.25, 0.3) is 0 Å². The molecule has 1 aromatic heterocycles. The lowest BCUT2D eigenvalue weighted by molar-refractivity contribution is 0.463. The molecular weight excluding hydrogens is 245 g/mol. The van der Waals surface area contributed by atoms with Gasteiger partial charge in [0.05, 0.1) is 0 Å². The van der Waals surface area contributed by atoms with Gasteiger partial charge >= 0.3 is 0 Å². The molecule has 0 saturated heterocycles. The number of benzene rings is 1. The fraction of sp³-hybridized carbons (Fsp3) is 0.0833. The van der Waals surface area contributed by atoms with E-state index in [1.807, 2.05) is 30.3 Å². The van der Waals surface area contributed by atoms with Gasteiger partial charge in [-0.3, -0.25) is 0 Å². The van der Waals surface area contributed by atoms with E-state index in [2.05, 4.69) is 4.98 Å². The summed E-state index contributed by atoms with van der Waals surface area (Å²) < 4.78 is 5.52. The Morgan fingerprint density at radius 1 is 1.19 bits per heavy atom. The molecule has 0 N–H and O–H groups in total. The van der Waals surface area contributed by atoms with E-state index in [9.17, 15) is 0 Å². The summed E-state index contributed by atoms with van der Waals surface area (Å²) in [6.45, 7) is 0. The van der Waals surface area contributed by atoms with E-state index in [1.165, 1.54) is 0 Å². The predicted molar refractivity (Wildman–Crippen MR) is 65.3 cm³/mol. The van der Waals surface area contributed by atoms with E-state index in [4.69, 9.17) is 27.9 Å². The smallest absolute Gasteiger partial charge is 0.238 e. The Kier molecular flexibility index (Phi) is 3.65. The molecule has 1 heterocycles. The average Bonchev–Trinajstić information content (AvgIpc) is 2.33. The van der Waals surface area contributed by atoms with Crippen molar-refractivity contribution in [2.75, 3.05) is 0 Å². The predicted octanol–water partition coefficient (Wildman–Crippen LogP) is 4.27. The standard InChI is InChI=1S/C12H9Cl2NO/c13-7-9-6-11(14)12(15-8-9)16-10-4-2-1-3-5-10/h1-6,8H,7H2. The maximum absolute atomic E-state index is 6.01. The summed E-state index contributed by atoms with van der Waals surface area (Å²) in [5.41, 5.74) is 0.868. The SMILES string of the molecule is ClCc1cnc(Oc2ccccc2)c(Cl)c1. The van der Waals surface area contributed by atoms with Crippen LogP contribution in [-0.2, 0) is 5.88 Å². The highest BCUT2D eigenvalue weighted by Crippen LogP contribution is 2.27. The second-order valence-electron chi connectivity index (χ2n) is 3.18. The number of nitrogens with zero attached hydrogens (tertiary/aromatic N) is 1. The number of pyridine rings is 1. The van der Waals surface area contributed by atoms with Gasteiger partial charge in [0, 0.05) is 12.1 Å². The first kappa shape index (κ1) is 11.2. The summed E-state index contributed by atoms with van der Waals surface area (Å²) >= 11 is 11.7. The third-order valence-electron chi connectivity index (χ3n) is 1.98. The van der Waals surface area contributed by atoms with Crippen molar-refractivity contribution < 1.29 is 4.74 Å². The van der Waals surface area contributed by atoms with E-state index in [0.29, 0.717) is 22.5 Å². The molecule has 0 spiro atoms. The number of para-hydroxylation sites is 1. The molecule has 2 rings (SSSR count). The zero-order valence-corrected chi connectivity index (χ0v) is 9.87. The number of ether oxygens (including phenoxy) is 1. The minimum Gasteiger partial charge on any atom is -0.438 e. The van der Waals surface area contributed by atoms with Crippen molar-refractivity contribution in [1.82, 2.24) is 4.98 Å². The summed E-state index contributed by atoms with van der Waals surface area (Å²) in [7, 11) is 0. The van der Waals surface area contributed by atoms with Crippen LogP contribution in [0, 0.1) is 0 Å². The molecule has 1 aromatic carbocycles. The van der Waals surface area contributed by atoms with Crippen LogP contribution >= 0.6 is 23.2 Å². The molecular formula is C12H9Cl2NO. The van der Waals surface area contributed by atoms with Crippen LogP contribution in [0.4, 0.5) is 0 Å². The quantitative estimate of drug-likeness (QED) is 0.763. The van der Waals surface area contributed by atoms with Gasteiger partial charge in [-0.2, -0.15) is 0 Å². The minimum atomic E-state index is 0.387. The normalized spacial score (nSPS) is 10.1. The largest absolute Gasteiger partial charge is 0.438 e. The first-order chi connectivity index (χ1) is 7.79. The van der Waals surface area contributed by atoms with E-state index < -0.39 is 0 Å². The zero-order chi connectivity index (χ0) is 11.4. The Labute approximate surface area is 104 Å². The van der Waals surface area contributed by atoms with Gasteiger partial charge in [0.2, 0.25) is 5.88 Å². The van der Waals surface area contributed by atoms with Crippen molar-refractivity contribution in [2.45, 2.75) is 5.88 Å². The molecule has 0 amide bonds. The van der Waals surface area contributed by atoms with E-state index in [0.717, 1.165) is 5.56 Å². The summed E-state index contributed by atoms with van der Waals surface area (Å²) in [6.07, 6.45) is 1.65. The number of hydrogen-bond acceptors (Lipinski definition) is 2. The molecule has 0 unspecified atom stereocenters. The van der Waals surface area contributed by atoms with E-state index >= 15 is 0 Å². The van der Waals surface area contributed by atoms with Crippen molar-refractivity contribution in [3.8, 4) is 11.6 Å². The molecule has 2 aromatic rings. The average molecular weight is 254 g/mol. The third kappa shape index (κ3) is 2.65. The Morgan fingerprint density at radius 3 is 2.56 bits per heavy atom. The lowest BCUT2D eigenvalue weighted by atomic mass is 10.3. The van der Waals surface area contributed by atoms with Crippen LogP contribution in [0.15, 0.2) is 42.6 Å². The Bertz CT molecular complexity index is 474. The topological polar surface area (TPSA) is 22.1 Å². The monoisotopic (exact) mass is 253 g/mol. The molecule has 0 fully saturated rings. The molecule has 0 aliphatic carbocycles. The highest BCUT2D eigenvalue weighted by Gasteiger charge is 2.05. The molecule has 0 atom stereocenters. The van der Waals surface area contributed by atoms with Crippen LogP contribution in [0.5, 0.6) is 11.6 Å². The summed E-state index contributed by atoms with van der Waals surface area (Å²) in [4.78, 5) is 4.11. The van der Waals surface area contributed by atoms with Crippen molar-refractivity contribution in [2.24, 2.45) is 0 Å². The molecule has 0 bridgehead atoms. The first-order valence-corrected chi connectivity index (χ1v) is 5.64. The van der Waals surface area contributed by atoms with Gasteiger partial charge in [0.1, 0.15) is 10.8 Å². The van der Waals surface area contributed by atoms with Crippen LogP contribution in [0.1, 0.15) is 5.56 Å². The minimum absolute atomic E-state index is 0.387. The van der Waals surface area contributed by atoms with Crippen molar-refractivity contribution in [3.63, 3.8) is 0 Å². The molecule has 4 heteroatoms. The summed E-state index contributed by atoms with van der Waals surface area (Å²) in [6, 6.07) is 11.1. The fourth-order valence-corrected chi connectivity index (χ4v) is 1.59. The molecule has 2 nitrogen and oxygen atoms in total. The number of rotatable bonds is 3. The number of alkyl halides is 1. The van der Waals surface area contributed by atoms with E-state index in [1.54, 1.807) is 12.3 Å². The van der Waals surface area contributed by atoms with Crippen molar-refractivity contribution in [3.05, 3.63) is 53.2 Å². The van der Waals surface area contributed by atoms with Crippen LogP contribution < -0.4 is 4.74 Å². The second-order valence-corrected chi connectivity index (χ2v) is 3.85. The van der Waals surface area contributed by atoms with Crippen LogP contribution in [0.2, 0.25) is 5.02 Å². The molecule has 0 radical (unpaired) electrons. The van der Waals surface area contributed by atoms with Gasteiger partial charge in [0.15, 0.2) is 0 Å². The highest BCUT2D eigenvalue weighted by molar-refractivity contribution is 6.32. The van der Waals surface area contributed by atoms with Crippen molar-refractivity contribution >= 4 is 23.2 Å². The lowest BCUT2D eigenvalue weighted by Crippen LogP contribution is -1.90. The highest BCUT2D eigenvalue weighted by atomic mass is 35.5. The Morgan fingerprint density at radius 2 is 1.94 bits per heavy atom. The lowest BCUT2D eigenvalue weighted by Gasteiger charge is -2.06. The third-order valence-corrected chi connectivity index (χ3v) is 2.56. The van der Waals surface area contributed by atoms with Gasteiger partial charge in [-0.15, -0.1) is 11.6 Å².